The quantitative estimate of drug-likeness (QED) is 0.797. The largest absolute Gasteiger partial charge is 0.379 e. The minimum Gasteiger partial charge on any atom is -0.379 e. The molecule has 2 nitrogen and oxygen atoms in total. The topological polar surface area (TPSA) is 32.3 Å². The van der Waals surface area contributed by atoms with Crippen molar-refractivity contribution in [2.24, 2.45) is 0 Å². The molecule has 1 atom stereocenters. The third-order valence-electron chi connectivity index (χ3n) is 2.94. The van der Waals surface area contributed by atoms with Crippen LogP contribution in [0.5, 0.6) is 0 Å². The Kier molecular flexibility index (Phi) is 2.90. The number of alkyl halides is 2. The first-order valence-electron chi connectivity index (χ1n) is 5.03. The number of hydrogen-bond donors (Lipinski definition) is 2. The molecule has 1 unspecified atom stereocenters. The van der Waals surface area contributed by atoms with Gasteiger partial charge in [0.25, 0.3) is 5.92 Å². The molecule has 1 fully saturated rings. The van der Waals surface area contributed by atoms with Crippen LogP contribution in [-0.2, 0) is 5.60 Å². The summed E-state index contributed by atoms with van der Waals surface area (Å²) in [5, 5.41) is 13.2. The van der Waals surface area contributed by atoms with Gasteiger partial charge in [0, 0.05) is 5.02 Å². The van der Waals surface area contributed by atoms with Crippen molar-refractivity contribution in [2.75, 3.05) is 13.1 Å². The van der Waals surface area contributed by atoms with Crippen molar-refractivity contribution < 1.29 is 13.9 Å². The van der Waals surface area contributed by atoms with Crippen molar-refractivity contribution in [1.82, 2.24) is 5.32 Å². The molecule has 0 aliphatic carbocycles. The van der Waals surface area contributed by atoms with Crippen molar-refractivity contribution in [3.63, 3.8) is 0 Å². The zero-order chi connectivity index (χ0) is 11.8. The van der Waals surface area contributed by atoms with E-state index in [0.717, 1.165) is 0 Å². The lowest BCUT2D eigenvalue weighted by Gasteiger charge is -2.40. The molecule has 0 aromatic heterocycles. The third kappa shape index (κ3) is 1.81. The minimum atomic E-state index is -3.17. The highest BCUT2D eigenvalue weighted by Gasteiger charge is 2.54. The summed E-state index contributed by atoms with van der Waals surface area (Å²) in [7, 11) is 0. The number of piperidine rings is 1. The van der Waals surface area contributed by atoms with E-state index in [-0.39, 0.29) is 12.0 Å². The molecule has 0 saturated carbocycles. The number of nitrogens with one attached hydrogen (secondary N) is 1. The molecule has 2 rings (SSSR count). The summed E-state index contributed by atoms with van der Waals surface area (Å²) in [5.41, 5.74) is -1.88. The van der Waals surface area contributed by atoms with Crippen molar-refractivity contribution in [3.05, 3.63) is 34.9 Å². The second-order valence-corrected chi connectivity index (χ2v) is 4.43. The molecule has 0 spiro atoms. The van der Waals surface area contributed by atoms with E-state index in [2.05, 4.69) is 5.32 Å². The molecule has 0 amide bonds. The van der Waals surface area contributed by atoms with E-state index < -0.39 is 18.1 Å². The molecule has 1 aromatic rings. The summed E-state index contributed by atoms with van der Waals surface area (Å²) >= 11 is 5.69. The molecule has 5 heteroatoms. The number of hydrogen-bond acceptors (Lipinski definition) is 2. The molecule has 1 saturated heterocycles. The monoisotopic (exact) mass is 247 g/mol. The van der Waals surface area contributed by atoms with Crippen LogP contribution in [0.3, 0.4) is 0 Å². The van der Waals surface area contributed by atoms with Gasteiger partial charge in [-0.2, -0.15) is 0 Å². The fourth-order valence-corrected chi connectivity index (χ4v) is 2.05. The van der Waals surface area contributed by atoms with Crippen LogP contribution in [0.4, 0.5) is 8.78 Å². The summed E-state index contributed by atoms with van der Waals surface area (Å²) in [6, 6.07) is 5.91. The van der Waals surface area contributed by atoms with Crippen molar-refractivity contribution >= 4 is 11.6 Å². The molecule has 1 aliphatic rings. The molecule has 0 radical (unpaired) electrons. The summed E-state index contributed by atoms with van der Waals surface area (Å²) < 4.78 is 27.4. The van der Waals surface area contributed by atoms with Gasteiger partial charge in [0.05, 0.1) is 6.54 Å². The highest BCUT2D eigenvalue weighted by atomic mass is 35.5. The lowest BCUT2D eigenvalue weighted by Crippen LogP contribution is -2.56. The van der Waals surface area contributed by atoms with E-state index in [4.69, 9.17) is 11.6 Å². The van der Waals surface area contributed by atoms with Gasteiger partial charge in [0.15, 0.2) is 5.60 Å². The van der Waals surface area contributed by atoms with Crippen LogP contribution >= 0.6 is 11.6 Å². The first kappa shape index (κ1) is 11.8. The van der Waals surface area contributed by atoms with Crippen molar-refractivity contribution in [1.29, 1.82) is 0 Å². The highest BCUT2D eigenvalue weighted by molar-refractivity contribution is 6.30. The lowest BCUT2D eigenvalue weighted by molar-refractivity contribution is -0.200. The van der Waals surface area contributed by atoms with Crippen LogP contribution in [0, 0.1) is 0 Å². The van der Waals surface area contributed by atoms with Gasteiger partial charge in [-0.15, -0.1) is 0 Å². The smallest absolute Gasteiger partial charge is 0.292 e. The van der Waals surface area contributed by atoms with Gasteiger partial charge in [-0.3, -0.25) is 0 Å². The SMILES string of the molecule is OC1(c2ccc(Cl)cc2)CCNCC1(F)F. The second kappa shape index (κ2) is 3.95. The van der Waals surface area contributed by atoms with Crippen LogP contribution in [0.15, 0.2) is 24.3 Å². The van der Waals surface area contributed by atoms with Crippen LogP contribution in [0.2, 0.25) is 5.02 Å². The van der Waals surface area contributed by atoms with Gasteiger partial charge in [0.2, 0.25) is 0 Å². The van der Waals surface area contributed by atoms with Gasteiger partial charge >= 0.3 is 0 Å². The van der Waals surface area contributed by atoms with E-state index >= 15 is 0 Å². The molecule has 16 heavy (non-hydrogen) atoms. The summed E-state index contributed by atoms with van der Waals surface area (Å²) in [6.45, 7) is -0.138. The summed E-state index contributed by atoms with van der Waals surface area (Å²) in [5.74, 6) is -3.17. The fraction of sp³-hybridized carbons (Fsp3) is 0.455. The molecule has 1 heterocycles. The standard InChI is InChI=1S/C11H12ClF2NO/c12-9-3-1-8(2-4-9)10(16)5-6-15-7-11(10,13)14/h1-4,15-16H,5-7H2. The Bertz CT molecular complexity index is 382. The van der Waals surface area contributed by atoms with Crippen LogP contribution < -0.4 is 5.32 Å². The van der Waals surface area contributed by atoms with Crippen molar-refractivity contribution in [3.8, 4) is 0 Å². The van der Waals surface area contributed by atoms with Gasteiger partial charge < -0.3 is 10.4 Å². The molecule has 88 valence electrons. The molecule has 1 aliphatic heterocycles. The molecular formula is C11H12ClF2NO. The van der Waals surface area contributed by atoms with Crippen molar-refractivity contribution in [2.45, 2.75) is 17.9 Å². The number of rotatable bonds is 1. The first-order valence-corrected chi connectivity index (χ1v) is 5.40. The Hall–Kier alpha value is -0.710. The Morgan fingerprint density at radius 3 is 2.44 bits per heavy atom. The van der Waals surface area contributed by atoms with Gasteiger partial charge in [-0.25, -0.2) is 8.78 Å². The van der Waals surface area contributed by atoms with E-state index in [1.165, 1.54) is 24.3 Å². The maximum atomic E-state index is 13.7. The van der Waals surface area contributed by atoms with E-state index in [1.807, 2.05) is 0 Å². The summed E-state index contributed by atoms with van der Waals surface area (Å²) in [6.07, 6.45) is -0.0123. The average molecular weight is 248 g/mol. The number of aliphatic hydroxyl groups is 1. The average Bonchev–Trinajstić information content (AvgIpc) is 2.23. The lowest BCUT2D eigenvalue weighted by atomic mass is 9.82. The predicted octanol–water partition coefficient (Wildman–Crippen LogP) is 2.16. The predicted molar refractivity (Wildman–Crippen MR) is 57.8 cm³/mol. The summed E-state index contributed by atoms with van der Waals surface area (Å²) in [4.78, 5) is 0. The van der Waals surface area contributed by atoms with Gasteiger partial charge in [-0.05, 0) is 30.7 Å². The fourth-order valence-electron chi connectivity index (χ4n) is 1.92. The van der Waals surface area contributed by atoms with Crippen LogP contribution in [-0.4, -0.2) is 24.1 Å². The maximum absolute atomic E-state index is 13.7. The zero-order valence-corrected chi connectivity index (χ0v) is 9.27. The van der Waals surface area contributed by atoms with E-state index in [1.54, 1.807) is 0 Å². The van der Waals surface area contributed by atoms with Crippen LogP contribution in [0.25, 0.3) is 0 Å². The Morgan fingerprint density at radius 1 is 1.25 bits per heavy atom. The first-order chi connectivity index (χ1) is 7.46. The second-order valence-electron chi connectivity index (χ2n) is 4.00. The Morgan fingerprint density at radius 2 is 1.88 bits per heavy atom. The minimum absolute atomic E-state index is 0.0123. The number of benzene rings is 1. The Labute approximate surface area is 97.2 Å². The van der Waals surface area contributed by atoms with E-state index in [0.29, 0.717) is 11.6 Å². The molecular weight excluding hydrogens is 236 g/mol. The number of halogens is 3. The van der Waals surface area contributed by atoms with Gasteiger partial charge in [0.1, 0.15) is 0 Å². The molecule has 2 N–H and O–H groups in total. The maximum Gasteiger partial charge on any atom is 0.292 e. The molecule has 1 aromatic carbocycles. The highest BCUT2D eigenvalue weighted by Crippen LogP contribution is 2.42. The van der Waals surface area contributed by atoms with Crippen LogP contribution in [0.1, 0.15) is 12.0 Å². The normalized spacial score (nSPS) is 29.0. The Balaban J connectivity index is 2.39. The zero-order valence-electron chi connectivity index (χ0n) is 8.51. The third-order valence-corrected chi connectivity index (χ3v) is 3.19. The van der Waals surface area contributed by atoms with Gasteiger partial charge in [-0.1, -0.05) is 23.7 Å². The van der Waals surface area contributed by atoms with E-state index in [9.17, 15) is 13.9 Å². The molecule has 0 bridgehead atoms.